The average molecular weight is 393 g/mol. The van der Waals surface area contributed by atoms with Crippen molar-refractivity contribution in [3.63, 3.8) is 0 Å². The van der Waals surface area contributed by atoms with Crippen LogP contribution in [-0.2, 0) is 16.0 Å². The Morgan fingerprint density at radius 3 is 2.73 bits per heavy atom. The number of hydrogen-bond acceptors (Lipinski definition) is 6. The molecule has 1 aromatic carbocycles. The maximum absolute atomic E-state index is 11.9. The Balaban J connectivity index is 2.19. The van der Waals surface area contributed by atoms with E-state index >= 15 is 0 Å². The summed E-state index contributed by atoms with van der Waals surface area (Å²) < 4.78 is 10.4. The molecule has 0 spiro atoms. The van der Waals surface area contributed by atoms with Crippen molar-refractivity contribution in [3.05, 3.63) is 56.5 Å². The van der Waals surface area contributed by atoms with Gasteiger partial charge < -0.3 is 15.2 Å². The van der Waals surface area contributed by atoms with Crippen molar-refractivity contribution < 1.29 is 14.3 Å². The lowest BCUT2D eigenvalue weighted by atomic mass is 9.83. The number of fused-ring (bicyclic) bond motifs is 1. The van der Waals surface area contributed by atoms with Gasteiger partial charge in [-0.3, -0.25) is 9.89 Å². The quantitative estimate of drug-likeness (QED) is 0.772. The first kappa shape index (κ1) is 18.1. The highest BCUT2D eigenvalue weighted by molar-refractivity contribution is 6.36. The summed E-state index contributed by atoms with van der Waals surface area (Å²) >= 11 is 12.7. The van der Waals surface area contributed by atoms with Gasteiger partial charge in [-0.25, -0.2) is 0 Å². The number of esters is 1. The smallest absolute Gasteiger partial charge is 0.311 e. The van der Waals surface area contributed by atoms with E-state index in [1.165, 1.54) is 0 Å². The van der Waals surface area contributed by atoms with Gasteiger partial charge in [-0.15, -0.1) is 5.10 Å². The summed E-state index contributed by atoms with van der Waals surface area (Å²) in [6.45, 7) is 1.97. The van der Waals surface area contributed by atoms with Gasteiger partial charge in [0.2, 0.25) is 11.8 Å². The summed E-state index contributed by atoms with van der Waals surface area (Å²) in [5, 5.41) is 17.2. The van der Waals surface area contributed by atoms with E-state index in [0.717, 1.165) is 0 Å². The average Bonchev–Trinajstić information content (AvgIpc) is 2.96. The molecule has 0 saturated heterocycles. The second kappa shape index (κ2) is 7.28. The van der Waals surface area contributed by atoms with Gasteiger partial charge in [0, 0.05) is 15.6 Å². The number of nitrogens with zero attached hydrogens (tertiary/aromatic N) is 2. The molecule has 2 aromatic rings. The number of hydrogen-bond donors (Lipinski definition) is 2. The summed E-state index contributed by atoms with van der Waals surface area (Å²) in [5.41, 5.74) is 7.45. The minimum atomic E-state index is -0.715. The number of H-pyrrole nitrogens is 1. The number of aromatic nitrogens is 2. The standard InChI is InChI=1S/C17H14Cl2N4O3/c1-2-25-12(24)6-11-15-13(14-9(18)4-3-5-10(14)19)8(7-20)16(21)26-17(15)23-22-11/h3-5,13H,2,6,21H2,1H3,(H,22,23). The van der Waals surface area contributed by atoms with Crippen LogP contribution in [0.15, 0.2) is 29.7 Å². The molecule has 1 aliphatic rings. The fourth-order valence-corrected chi connectivity index (χ4v) is 3.49. The second-order valence-corrected chi connectivity index (χ2v) is 6.28. The first-order chi connectivity index (χ1) is 12.5. The molecular weight excluding hydrogens is 379 g/mol. The highest BCUT2D eigenvalue weighted by atomic mass is 35.5. The van der Waals surface area contributed by atoms with E-state index < -0.39 is 11.9 Å². The van der Waals surface area contributed by atoms with Crippen LogP contribution in [0.1, 0.15) is 29.7 Å². The Bertz CT molecular complexity index is 926. The van der Waals surface area contributed by atoms with Crippen LogP contribution in [0.5, 0.6) is 5.88 Å². The molecule has 0 bridgehead atoms. The molecule has 0 radical (unpaired) electrons. The molecule has 26 heavy (non-hydrogen) atoms. The molecule has 3 N–H and O–H groups in total. The van der Waals surface area contributed by atoms with Crippen molar-refractivity contribution in [2.75, 3.05) is 6.61 Å². The van der Waals surface area contributed by atoms with Gasteiger partial charge in [-0.05, 0) is 19.1 Å². The highest BCUT2D eigenvalue weighted by Gasteiger charge is 2.37. The zero-order chi connectivity index (χ0) is 18.8. The third-order valence-corrected chi connectivity index (χ3v) is 4.59. The molecule has 2 heterocycles. The van der Waals surface area contributed by atoms with Crippen LogP contribution in [0.25, 0.3) is 0 Å². The molecule has 9 heteroatoms. The zero-order valence-electron chi connectivity index (χ0n) is 13.7. The Labute approximate surface area is 159 Å². The zero-order valence-corrected chi connectivity index (χ0v) is 15.2. The molecule has 0 aliphatic carbocycles. The van der Waals surface area contributed by atoms with Gasteiger partial charge >= 0.3 is 5.97 Å². The normalized spacial score (nSPS) is 15.8. The van der Waals surface area contributed by atoms with E-state index in [1.807, 2.05) is 6.07 Å². The Morgan fingerprint density at radius 1 is 1.42 bits per heavy atom. The lowest BCUT2D eigenvalue weighted by Gasteiger charge is -2.25. The van der Waals surface area contributed by atoms with Crippen LogP contribution in [0.2, 0.25) is 10.0 Å². The molecule has 0 fully saturated rings. The predicted octanol–water partition coefficient (Wildman–Crippen LogP) is 3.04. The van der Waals surface area contributed by atoms with Crippen molar-refractivity contribution >= 4 is 29.2 Å². The van der Waals surface area contributed by atoms with E-state index in [0.29, 0.717) is 26.9 Å². The van der Waals surface area contributed by atoms with E-state index in [9.17, 15) is 10.1 Å². The molecule has 1 unspecified atom stereocenters. The number of carbonyl (C=O) groups excluding carboxylic acids is 1. The largest absolute Gasteiger partial charge is 0.466 e. The fraction of sp³-hybridized carbons (Fsp3) is 0.235. The number of nitrogens with one attached hydrogen (secondary N) is 1. The van der Waals surface area contributed by atoms with E-state index in [1.54, 1.807) is 25.1 Å². The topological polar surface area (TPSA) is 114 Å². The first-order valence-electron chi connectivity index (χ1n) is 7.72. The fourth-order valence-electron chi connectivity index (χ4n) is 2.87. The van der Waals surface area contributed by atoms with Gasteiger partial charge in [0.1, 0.15) is 11.6 Å². The number of halogens is 2. The third kappa shape index (κ3) is 3.09. The summed E-state index contributed by atoms with van der Waals surface area (Å²) in [6.07, 6.45) is -0.0727. The molecule has 7 nitrogen and oxygen atoms in total. The predicted molar refractivity (Wildman–Crippen MR) is 94.7 cm³/mol. The van der Waals surface area contributed by atoms with Gasteiger partial charge in [0.05, 0.1) is 30.2 Å². The molecule has 0 saturated carbocycles. The number of ether oxygens (including phenoxy) is 2. The Kier molecular flexibility index (Phi) is 5.07. The summed E-state index contributed by atoms with van der Waals surface area (Å²) in [5.74, 6) is -1.07. The van der Waals surface area contributed by atoms with Crippen LogP contribution in [0.3, 0.4) is 0 Å². The maximum atomic E-state index is 11.9. The van der Waals surface area contributed by atoms with Crippen molar-refractivity contribution in [2.24, 2.45) is 5.73 Å². The summed E-state index contributed by atoms with van der Waals surface area (Å²) in [7, 11) is 0. The Morgan fingerprint density at radius 2 is 2.12 bits per heavy atom. The lowest BCUT2D eigenvalue weighted by molar-refractivity contribution is -0.142. The Hall–Kier alpha value is -2.69. The van der Waals surface area contributed by atoms with Crippen LogP contribution >= 0.6 is 23.2 Å². The van der Waals surface area contributed by atoms with Crippen molar-refractivity contribution in [1.82, 2.24) is 10.2 Å². The third-order valence-electron chi connectivity index (χ3n) is 3.93. The minimum absolute atomic E-state index is 0.0727. The number of nitrogens with two attached hydrogens (primary N) is 1. The molecule has 1 aromatic heterocycles. The monoisotopic (exact) mass is 392 g/mol. The van der Waals surface area contributed by atoms with Crippen LogP contribution in [0.4, 0.5) is 0 Å². The molecular formula is C17H14Cl2N4O3. The number of carbonyl (C=O) groups is 1. The number of aromatic amines is 1. The second-order valence-electron chi connectivity index (χ2n) is 5.46. The van der Waals surface area contributed by atoms with Crippen LogP contribution in [-0.4, -0.2) is 22.8 Å². The van der Waals surface area contributed by atoms with Crippen LogP contribution < -0.4 is 10.5 Å². The van der Waals surface area contributed by atoms with Gasteiger partial charge in [-0.1, -0.05) is 29.3 Å². The minimum Gasteiger partial charge on any atom is -0.466 e. The van der Waals surface area contributed by atoms with E-state index in [-0.39, 0.29) is 30.4 Å². The van der Waals surface area contributed by atoms with Crippen molar-refractivity contribution in [3.8, 4) is 11.9 Å². The summed E-state index contributed by atoms with van der Waals surface area (Å²) in [6, 6.07) is 7.07. The SMILES string of the molecule is CCOC(=O)Cc1[nH]nc2c1C(c1c(Cl)cccc1Cl)C(C#N)=C(N)O2. The molecule has 1 atom stereocenters. The molecule has 1 aliphatic heterocycles. The van der Waals surface area contributed by atoms with E-state index in [4.69, 9.17) is 38.4 Å². The van der Waals surface area contributed by atoms with Gasteiger partial charge in [-0.2, -0.15) is 5.26 Å². The number of nitriles is 1. The number of allylic oxidation sites excluding steroid dienone is 1. The van der Waals surface area contributed by atoms with Crippen molar-refractivity contribution in [1.29, 1.82) is 5.26 Å². The number of benzene rings is 1. The molecule has 0 amide bonds. The van der Waals surface area contributed by atoms with Gasteiger partial charge in [0.15, 0.2) is 0 Å². The molecule has 134 valence electrons. The first-order valence-corrected chi connectivity index (χ1v) is 8.47. The van der Waals surface area contributed by atoms with Crippen molar-refractivity contribution in [2.45, 2.75) is 19.3 Å². The lowest BCUT2D eigenvalue weighted by Crippen LogP contribution is -2.22. The van der Waals surface area contributed by atoms with Crippen LogP contribution in [0, 0.1) is 11.3 Å². The highest BCUT2D eigenvalue weighted by Crippen LogP contribution is 2.47. The van der Waals surface area contributed by atoms with E-state index in [2.05, 4.69) is 10.2 Å². The number of rotatable bonds is 4. The maximum Gasteiger partial charge on any atom is 0.311 e. The summed E-state index contributed by atoms with van der Waals surface area (Å²) in [4.78, 5) is 11.9. The van der Waals surface area contributed by atoms with Gasteiger partial charge in [0.25, 0.3) is 0 Å². The molecule has 3 rings (SSSR count).